The molecular weight excluding hydrogens is 470 g/mol. The van der Waals surface area contributed by atoms with Crippen molar-refractivity contribution in [2.24, 2.45) is 5.92 Å². The number of hydrogen-bond donors (Lipinski definition) is 1. The predicted octanol–water partition coefficient (Wildman–Crippen LogP) is 6.37. The Balaban J connectivity index is 2.64. The molecule has 0 spiro atoms. The molecule has 0 saturated heterocycles. The van der Waals surface area contributed by atoms with E-state index in [-0.39, 0.29) is 28.9 Å². The second-order valence-electron chi connectivity index (χ2n) is 11.6. The highest BCUT2D eigenvalue weighted by Crippen LogP contribution is 2.40. The molecule has 36 heavy (non-hydrogen) atoms. The van der Waals surface area contributed by atoms with Crippen LogP contribution < -0.4 is 5.32 Å². The number of rotatable bonds is 16. The number of amides is 1. The standard InChI is InChI=1S/C29H53NO5Si/c1-10-11-13-16-23(33-6)17-14-12-15-18-26(31)30-21-25(34-7)27-24(20-19-22(2)28(27)32)35-36(8,9)29(3,4)5/h12,14,19,23-25,27H,10-11,13,15-18,20-21H2,1-9H3,(H,30,31)/b14-12+/t23-,24+,25+,27+/m0/s1. The van der Waals surface area contributed by atoms with Gasteiger partial charge in [-0.15, -0.1) is 0 Å². The molecule has 0 aromatic rings. The largest absolute Gasteiger partial charge is 0.413 e. The van der Waals surface area contributed by atoms with Crippen LogP contribution in [-0.2, 0) is 23.5 Å². The Morgan fingerprint density at radius 3 is 2.47 bits per heavy atom. The Morgan fingerprint density at radius 2 is 1.89 bits per heavy atom. The fourth-order valence-corrected chi connectivity index (χ4v) is 5.60. The van der Waals surface area contributed by atoms with Crippen molar-refractivity contribution in [3.8, 4) is 0 Å². The Bertz CT molecular complexity index is 740. The first-order chi connectivity index (χ1) is 16.9. The number of carbonyl (C=O) groups excluding carboxylic acids is 2. The lowest BCUT2D eigenvalue weighted by Crippen LogP contribution is -2.53. The fourth-order valence-electron chi connectivity index (χ4n) is 4.25. The van der Waals surface area contributed by atoms with E-state index in [2.05, 4.69) is 58.3 Å². The summed E-state index contributed by atoms with van der Waals surface area (Å²) in [6.07, 6.45) is 13.1. The van der Waals surface area contributed by atoms with Gasteiger partial charge in [-0.3, -0.25) is 9.59 Å². The normalized spacial score (nSPS) is 20.9. The van der Waals surface area contributed by atoms with Crippen LogP contribution in [0.25, 0.3) is 0 Å². The van der Waals surface area contributed by atoms with Crippen LogP contribution in [0, 0.1) is 5.92 Å². The van der Waals surface area contributed by atoms with Crippen molar-refractivity contribution in [2.45, 2.75) is 122 Å². The van der Waals surface area contributed by atoms with Crippen molar-refractivity contribution in [1.29, 1.82) is 0 Å². The summed E-state index contributed by atoms with van der Waals surface area (Å²) in [4.78, 5) is 25.7. The molecule has 4 atom stereocenters. The number of allylic oxidation sites excluding steroid dienone is 2. The van der Waals surface area contributed by atoms with E-state index in [0.29, 0.717) is 25.8 Å². The molecule has 6 nitrogen and oxygen atoms in total. The smallest absolute Gasteiger partial charge is 0.220 e. The van der Waals surface area contributed by atoms with Gasteiger partial charge in [0.25, 0.3) is 0 Å². The second-order valence-corrected chi connectivity index (χ2v) is 16.4. The molecule has 0 bridgehead atoms. The van der Waals surface area contributed by atoms with Gasteiger partial charge in [-0.05, 0) is 56.3 Å². The van der Waals surface area contributed by atoms with E-state index >= 15 is 0 Å². The molecule has 0 aliphatic heterocycles. The molecule has 1 N–H and O–H groups in total. The molecule has 208 valence electrons. The van der Waals surface area contributed by atoms with Crippen molar-refractivity contribution in [1.82, 2.24) is 5.32 Å². The summed E-state index contributed by atoms with van der Waals surface area (Å²) in [6, 6.07) is 0. The lowest BCUT2D eigenvalue weighted by Gasteiger charge is -2.43. The van der Waals surface area contributed by atoms with E-state index in [4.69, 9.17) is 13.9 Å². The van der Waals surface area contributed by atoms with Gasteiger partial charge in [-0.25, -0.2) is 0 Å². The molecule has 0 radical (unpaired) electrons. The van der Waals surface area contributed by atoms with E-state index in [1.54, 1.807) is 14.2 Å². The number of hydrogen-bond acceptors (Lipinski definition) is 5. The average molecular weight is 524 g/mol. The van der Waals surface area contributed by atoms with Gasteiger partial charge in [-0.2, -0.15) is 0 Å². The van der Waals surface area contributed by atoms with Gasteiger partial charge in [0.15, 0.2) is 14.1 Å². The van der Waals surface area contributed by atoms with Crippen molar-refractivity contribution in [2.75, 3.05) is 20.8 Å². The fraction of sp³-hybridized carbons (Fsp3) is 0.793. The molecule has 0 aromatic carbocycles. The maximum absolute atomic E-state index is 13.2. The van der Waals surface area contributed by atoms with Crippen LogP contribution in [0.1, 0.15) is 86.0 Å². The van der Waals surface area contributed by atoms with E-state index in [1.807, 2.05) is 13.0 Å². The highest BCUT2D eigenvalue weighted by molar-refractivity contribution is 6.74. The first-order valence-electron chi connectivity index (χ1n) is 13.7. The first kappa shape index (κ1) is 32.7. The van der Waals surface area contributed by atoms with Gasteiger partial charge < -0.3 is 19.2 Å². The zero-order valence-corrected chi connectivity index (χ0v) is 25.4. The monoisotopic (exact) mass is 523 g/mol. The van der Waals surface area contributed by atoms with Crippen molar-refractivity contribution >= 4 is 20.0 Å². The minimum atomic E-state index is -2.08. The molecular formula is C29H53NO5Si. The van der Waals surface area contributed by atoms with Crippen LogP contribution in [0.5, 0.6) is 0 Å². The number of unbranched alkanes of at least 4 members (excludes halogenated alkanes) is 2. The van der Waals surface area contributed by atoms with Crippen LogP contribution in [0.2, 0.25) is 18.1 Å². The zero-order valence-electron chi connectivity index (χ0n) is 24.4. The van der Waals surface area contributed by atoms with Gasteiger partial charge in [0.2, 0.25) is 5.91 Å². The number of methoxy groups -OCH3 is 2. The maximum Gasteiger partial charge on any atom is 0.220 e. The summed E-state index contributed by atoms with van der Waals surface area (Å²) in [5.41, 5.74) is 0.748. The summed E-state index contributed by atoms with van der Waals surface area (Å²) < 4.78 is 18.0. The van der Waals surface area contributed by atoms with E-state index in [9.17, 15) is 9.59 Å². The molecule has 1 aliphatic rings. The van der Waals surface area contributed by atoms with E-state index < -0.39 is 20.3 Å². The Labute approximate surface area is 221 Å². The summed E-state index contributed by atoms with van der Waals surface area (Å²) in [5, 5.41) is 3.03. The van der Waals surface area contributed by atoms with Gasteiger partial charge >= 0.3 is 0 Å². The van der Waals surface area contributed by atoms with Crippen LogP contribution >= 0.6 is 0 Å². The van der Waals surface area contributed by atoms with Crippen LogP contribution in [-0.4, -0.2) is 59.1 Å². The Hall–Kier alpha value is -1.28. The van der Waals surface area contributed by atoms with Gasteiger partial charge in [0.05, 0.1) is 24.2 Å². The van der Waals surface area contributed by atoms with Crippen molar-refractivity contribution in [3.63, 3.8) is 0 Å². The number of carbonyl (C=O) groups is 2. The molecule has 0 aromatic heterocycles. The summed E-state index contributed by atoms with van der Waals surface area (Å²) in [7, 11) is 1.30. The molecule has 1 amide bonds. The molecule has 1 rings (SSSR count). The summed E-state index contributed by atoms with van der Waals surface area (Å²) in [5.74, 6) is -0.404. The SMILES string of the molecule is CCCCC[C@@H](C/C=C/CCC(=O)NC[C@@H](OC)[C@@H]1C(=O)C(C)=CC[C@H]1O[Si](C)(C)C(C)(C)C)OC. The topological polar surface area (TPSA) is 73.9 Å². The third-order valence-corrected chi connectivity index (χ3v) is 12.3. The first-order valence-corrected chi connectivity index (χ1v) is 16.6. The maximum atomic E-state index is 13.2. The Kier molecular flexibility index (Phi) is 14.4. The molecule has 7 heteroatoms. The van der Waals surface area contributed by atoms with Crippen LogP contribution in [0.15, 0.2) is 23.8 Å². The van der Waals surface area contributed by atoms with E-state index in [1.165, 1.54) is 19.3 Å². The van der Waals surface area contributed by atoms with Crippen molar-refractivity contribution in [3.05, 3.63) is 23.8 Å². The highest BCUT2D eigenvalue weighted by atomic mass is 28.4. The van der Waals surface area contributed by atoms with Gasteiger partial charge in [0, 0.05) is 27.2 Å². The molecule has 0 saturated carbocycles. The molecule has 1 aliphatic carbocycles. The number of ether oxygens (including phenoxy) is 2. The quantitative estimate of drug-likeness (QED) is 0.145. The van der Waals surface area contributed by atoms with Crippen molar-refractivity contribution < 1.29 is 23.5 Å². The third kappa shape index (κ3) is 10.6. The lowest BCUT2D eigenvalue weighted by atomic mass is 9.81. The lowest BCUT2D eigenvalue weighted by molar-refractivity contribution is -0.131. The molecule has 0 heterocycles. The molecule has 0 fully saturated rings. The summed E-state index contributed by atoms with van der Waals surface area (Å²) in [6.45, 7) is 15.4. The minimum Gasteiger partial charge on any atom is -0.413 e. The van der Waals surface area contributed by atoms with Crippen LogP contribution in [0.4, 0.5) is 0 Å². The number of ketones is 1. The second kappa shape index (κ2) is 15.9. The average Bonchev–Trinajstić information content (AvgIpc) is 2.81. The number of nitrogens with one attached hydrogen (secondary N) is 1. The molecule has 0 unspecified atom stereocenters. The van der Waals surface area contributed by atoms with Gasteiger partial charge in [-0.1, -0.05) is 65.2 Å². The predicted molar refractivity (Wildman–Crippen MR) is 151 cm³/mol. The summed E-state index contributed by atoms with van der Waals surface area (Å²) >= 11 is 0. The van der Waals surface area contributed by atoms with Gasteiger partial charge in [0.1, 0.15) is 0 Å². The minimum absolute atomic E-state index is 0.0367. The van der Waals surface area contributed by atoms with E-state index in [0.717, 1.165) is 18.4 Å². The third-order valence-electron chi connectivity index (χ3n) is 7.77. The van der Waals surface area contributed by atoms with Crippen LogP contribution in [0.3, 0.4) is 0 Å². The Morgan fingerprint density at radius 1 is 1.19 bits per heavy atom. The highest BCUT2D eigenvalue weighted by Gasteiger charge is 2.45. The number of Topliss-reactive ketones (excluding diaryl/α,β-unsaturated/α-hetero) is 1. The zero-order chi connectivity index (χ0) is 27.4.